The van der Waals surface area contributed by atoms with Gasteiger partial charge in [-0.2, -0.15) is 4.98 Å². The standard InChI is InChI=1S/C14H18N2O2/c1-14(2,3)9-11-15-13(18-16-11)12(17)10-7-5-4-6-8-10/h4-8,12,17H,9H2,1-3H3. The fourth-order valence-electron chi connectivity index (χ4n) is 1.70. The lowest BCUT2D eigenvalue weighted by molar-refractivity contribution is 0.170. The van der Waals surface area contributed by atoms with Crippen LogP contribution < -0.4 is 0 Å². The summed E-state index contributed by atoms with van der Waals surface area (Å²) in [5, 5.41) is 14.0. The van der Waals surface area contributed by atoms with E-state index in [0.29, 0.717) is 5.82 Å². The zero-order chi connectivity index (χ0) is 13.2. The monoisotopic (exact) mass is 246 g/mol. The third-order valence-electron chi connectivity index (χ3n) is 2.52. The van der Waals surface area contributed by atoms with Gasteiger partial charge in [0.2, 0.25) is 0 Å². The van der Waals surface area contributed by atoms with Gasteiger partial charge in [0, 0.05) is 6.42 Å². The Hall–Kier alpha value is -1.68. The van der Waals surface area contributed by atoms with E-state index in [1.807, 2.05) is 30.3 Å². The Bertz CT molecular complexity index is 500. The molecule has 2 rings (SSSR count). The largest absolute Gasteiger partial charge is 0.378 e. The Morgan fingerprint density at radius 2 is 1.89 bits per heavy atom. The first-order chi connectivity index (χ1) is 8.46. The molecule has 4 nitrogen and oxygen atoms in total. The molecule has 96 valence electrons. The van der Waals surface area contributed by atoms with Crippen molar-refractivity contribution in [2.45, 2.75) is 33.3 Å². The summed E-state index contributed by atoms with van der Waals surface area (Å²) in [6.07, 6.45) is -0.134. The summed E-state index contributed by atoms with van der Waals surface area (Å²) in [4.78, 5) is 4.24. The molecule has 2 aromatic rings. The number of hydrogen-bond acceptors (Lipinski definition) is 4. The average molecular weight is 246 g/mol. The molecule has 1 heterocycles. The van der Waals surface area contributed by atoms with E-state index in [4.69, 9.17) is 4.52 Å². The maximum absolute atomic E-state index is 10.1. The molecule has 0 spiro atoms. The fourth-order valence-corrected chi connectivity index (χ4v) is 1.70. The van der Waals surface area contributed by atoms with Crippen molar-refractivity contribution < 1.29 is 9.63 Å². The molecule has 18 heavy (non-hydrogen) atoms. The summed E-state index contributed by atoms with van der Waals surface area (Å²) in [5.41, 5.74) is 0.849. The second-order valence-electron chi connectivity index (χ2n) is 5.60. The normalized spacial score (nSPS) is 13.6. The van der Waals surface area contributed by atoms with E-state index in [1.54, 1.807) is 0 Å². The molecule has 0 bridgehead atoms. The molecule has 0 aliphatic carbocycles. The van der Waals surface area contributed by atoms with E-state index in [2.05, 4.69) is 30.9 Å². The molecule has 1 N–H and O–H groups in total. The topological polar surface area (TPSA) is 59.2 Å². The van der Waals surface area contributed by atoms with E-state index in [0.717, 1.165) is 12.0 Å². The number of benzene rings is 1. The van der Waals surface area contributed by atoms with Crippen molar-refractivity contribution in [2.24, 2.45) is 5.41 Å². The third kappa shape index (κ3) is 3.17. The quantitative estimate of drug-likeness (QED) is 0.904. The number of hydrogen-bond donors (Lipinski definition) is 1. The van der Waals surface area contributed by atoms with Crippen molar-refractivity contribution in [3.63, 3.8) is 0 Å². The van der Waals surface area contributed by atoms with E-state index >= 15 is 0 Å². The molecular weight excluding hydrogens is 228 g/mol. The van der Waals surface area contributed by atoms with E-state index < -0.39 is 6.10 Å². The first-order valence-corrected chi connectivity index (χ1v) is 6.01. The molecule has 1 atom stereocenters. The molecule has 1 aromatic carbocycles. The smallest absolute Gasteiger partial charge is 0.260 e. The summed E-state index contributed by atoms with van der Waals surface area (Å²) < 4.78 is 5.12. The number of aliphatic hydroxyl groups is 1. The van der Waals surface area contributed by atoms with E-state index in [1.165, 1.54) is 0 Å². The summed E-state index contributed by atoms with van der Waals surface area (Å²) in [6.45, 7) is 6.32. The Morgan fingerprint density at radius 1 is 1.22 bits per heavy atom. The maximum atomic E-state index is 10.1. The molecule has 0 fully saturated rings. The Kier molecular flexibility index (Phi) is 3.48. The van der Waals surface area contributed by atoms with Crippen molar-refractivity contribution in [1.29, 1.82) is 0 Å². The van der Waals surface area contributed by atoms with Crippen LogP contribution in [-0.2, 0) is 6.42 Å². The lowest BCUT2D eigenvalue weighted by atomic mass is 9.92. The molecular formula is C14H18N2O2. The minimum Gasteiger partial charge on any atom is -0.378 e. The van der Waals surface area contributed by atoms with Crippen molar-refractivity contribution in [1.82, 2.24) is 10.1 Å². The van der Waals surface area contributed by atoms with Crippen LogP contribution in [-0.4, -0.2) is 15.2 Å². The van der Waals surface area contributed by atoms with Gasteiger partial charge in [0.15, 0.2) is 11.9 Å². The van der Waals surface area contributed by atoms with Crippen molar-refractivity contribution in [3.8, 4) is 0 Å². The minimum absolute atomic E-state index is 0.0961. The van der Waals surface area contributed by atoms with Crippen LogP contribution in [0.1, 0.15) is 44.2 Å². The zero-order valence-electron chi connectivity index (χ0n) is 10.9. The molecule has 1 unspecified atom stereocenters. The van der Waals surface area contributed by atoms with Crippen LogP contribution in [0.25, 0.3) is 0 Å². The second-order valence-corrected chi connectivity index (χ2v) is 5.60. The summed E-state index contributed by atoms with van der Waals surface area (Å²) >= 11 is 0. The number of rotatable bonds is 3. The fraction of sp³-hybridized carbons (Fsp3) is 0.429. The minimum atomic E-state index is -0.854. The maximum Gasteiger partial charge on any atom is 0.260 e. The van der Waals surface area contributed by atoms with Gasteiger partial charge in [-0.15, -0.1) is 0 Å². The van der Waals surface area contributed by atoms with Crippen LogP contribution in [0.5, 0.6) is 0 Å². The summed E-state index contributed by atoms with van der Waals surface area (Å²) in [7, 11) is 0. The van der Waals surface area contributed by atoms with Crippen LogP contribution in [0.2, 0.25) is 0 Å². The van der Waals surface area contributed by atoms with Crippen LogP contribution in [0.3, 0.4) is 0 Å². The van der Waals surface area contributed by atoms with Crippen molar-refractivity contribution in [2.75, 3.05) is 0 Å². The first-order valence-electron chi connectivity index (χ1n) is 6.01. The van der Waals surface area contributed by atoms with Crippen LogP contribution in [0.4, 0.5) is 0 Å². The van der Waals surface area contributed by atoms with Crippen molar-refractivity contribution in [3.05, 3.63) is 47.6 Å². The Balaban J connectivity index is 2.15. The van der Waals surface area contributed by atoms with Crippen LogP contribution in [0, 0.1) is 5.41 Å². The van der Waals surface area contributed by atoms with Gasteiger partial charge in [0.1, 0.15) is 0 Å². The highest BCUT2D eigenvalue weighted by molar-refractivity contribution is 5.21. The molecule has 0 amide bonds. The average Bonchev–Trinajstić information content (AvgIpc) is 2.75. The molecule has 0 aliphatic rings. The molecule has 0 aliphatic heterocycles. The SMILES string of the molecule is CC(C)(C)Cc1noc(C(O)c2ccccc2)n1. The van der Waals surface area contributed by atoms with Crippen LogP contribution >= 0.6 is 0 Å². The number of aliphatic hydroxyl groups excluding tert-OH is 1. The highest BCUT2D eigenvalue weighted by atomic mass is 16.5. The highest BCUT2D eigenvalue weighted by Crippen LogP contribution is 2.23. The molecule has 0 saturated heterocycles. The Labute approximate surface area is 107 Å². The number of nitrogens with zero attached hydrogens (tertiary/aromatic N) is 2. The number of aromatic nitrogens is 2. The molecule has 1 aromatic heterocycles. The van der Waals surface area contributed by atoms with Gasteiger partial charge >= 0.3 is 0 Å². The van der Waals surface area contributed by atoms with Gasteiger partial charge in [0.05, 0.1) is 0 Å². The van der Waals surface area contributed by atoms with Gasteiger partial charge in [-0.3, -0.25) is 0 Å². The van der Waals surface area contributed by atoms with Gasteiger partial charge in [-0.1, -0.05) is 56.3 Å². The van der Waals surface area contributed by atoms with E-state index in [9.17, 15) is 5.11 Å². The first kappa shape index (κ1) is 12.8. The zero-order valence-corrected chi connectivity index (χ0v) is 10.9. The Morgan fingerprint density at radius 3 is 2.50 bits per heavy atom. The van der Waals surface area contributed by atoms with Gasteiger partial charge in [-0.05, 0) is 11.0 Å². The lowest BCUT2D eigenvalue weighted by Crippen LogP contribution is -2.10. The second kappa shape index (κ2) is 4.90. The van der Waals surface area contributed by atoms with E-state index in [-0.39, 0.29) is 11.3 Å². The highest BCUT2D eigenvalue weighted by Gasteiger charge is 2.20. The third-order valence-corrected chi connectivity index (χ3v) is 2.52. The lowest BCUT2D eigenvalue weighted by Gasteiger charge is -2.14. The van der Waals surface area contributed by atoms with Gasteiger partial charge in [0.25, 0.3) is 5.89 Å². The molecule has 4 heteroatoms. The predicted molar refractivity (Wildman–Crippen MR) is 68.0 cm³/mol. The van der Waals surface area contributed by atoms with Gasteiger partial charge in [-0.25, -0.2) is 0 Å². The predicted octanol–water partition coefficient (Wildman–Crippen LogP) is 2.74. The van der Waals surface area contributed by atoms with Crippen molar-refractivity contribution >= 4 is 0 Å². The molecule has 0 saturated carbocycles. The van der Waals surface area contributed by atoms with Crippen LogP contribution in [0.15, 0.2) is 34.9 Å². The summed E-state index contributed by atoms with van der Waals surface area (Å²) in [5.74, 6) is 0.882. The van der Waals surface area contributed by atoms with Gasteiger partial charge < -0.3 is 9.63 Å². The summed E-state index contributed by atoms with van der Waals surface area (Å²) in [6, 6.07) is 9.29. The molecule has 0 radical (unpaired) electrons.